The molecule has 9 heteroatoms. The van der Waals surface area contributed by atoms with Gasteiger partial charge < -0.3 is 14.2 Å². The molecule has 0 amide bonds. The number of fused-ring (bicyclic) bond motifs is 1. The summed E-state index contributed by atoms with van der Waals surface area (Å²) in [6, 6.07) is 6.55. The van der Waals surface area contributed by atoms with Crippen molar-refractivity contribution in [3.05, 3.63) is 62.2 Å². The first-order chi connectivity index (χ1) is 12.4. The van der Waals surface area contributed by atoms with Gasteiger partial charge in [0.2, 0.25) is 6.79 Å². The van der Waals surface area contributed by atoms with Crippen LogP contribution in [0.15, 0.2) is 30.3 Å². The van der Waals surface area contributed by atoms with Crippen LogP contribution < -0.4 is 9.47 Å². The van der Waals surface area contributed by atoms with Crippen molar-refractivity contribution in [3.63, 3.8) is 0 Å². The van der Waals surface area contributed by atoms with E-state index in [2.05, 4.69) is 4.74 Å². The Labute approximate surface area is 152 Å². The van der Waals surface area contributed by atoms with Gasteiger partial charge in [0.05, 0.1) is 23.5 Å². The number of hydrogen-bond acceptors (Lipinski definition) is 7. The molecule has 0 fully saturated rings. The first kappa shape index (κ1) is 17.7. The lowest BCUT2D eigenvalue weighted by atomic mass is 9.95. The van der Waals surface area contributed by atoms with Crippen LogP contribution in [0.3, 0.4) is 0 Å². The molecule has 0 bridgehead atoms. The van der Waals surface area contributed by atoms with Crippen LogP contribution in [0.25, 0.3) is 0 Å². The zero-order valence-electron chi connectivity index (χ0n) is 13.5. The van der Waals surface area contributed by atoms with Crippen LogP contribution in [-0.2, 0) is 16.0 Å². The number of ketones is 1. The van der Waals surface area contributed by atoms with Gasteiger partial charge >= 0.3 is 5.97 Å². The molecule has 134 valence electrons. The lowest BCUT2D eigenvalue weighted by Gasteiger charge is -2.11. The first-order valence-corrected chi connectivity index (χ1v) is 7.76. The molecule has 0 aromatic heterocycles. The van der Waals surface area contributed by atoms with E-state index in [1.807, 2.05) is 0 Å². The van der Waals surface area contributed by atoms with Gasteiger partial charge in [0.15, 0.2) is 17.3 Å². The maximum absolute atomic E-state index is 12.9. The van der Waals surface area contributed by atoms with E-state index in [1.54, 1.807) is 0 Å². The maximum atomic E-state index is 12.9. The summed E-state index contributed by atoms with van der Waals surface area (Å²) in [6.07, 6.45) is -0.154. The van der Waals surface area contributed by atoms with Gasteiger partial charge in [0.1, 0.15) is 0 Å². The maximum Gasteiger partial charge on any atom is 0.310 e. The van der Waals surface area contributed by atoms with Crippen molar-refractivity contribution in [1.82, 2.24) is 0 Å². The molecular weight excluding hydrogens is 366 g/mol. The Morgan fingerprint density at radius 2 is 1.88 bits per heavy atom. The highest BCUT2D eigenvalue weighted by Gasteiger charge is 2.25. The molecule has 1 aliphatic heterocycles. The molecule has 3 rings (SSSR count). The number of esters is 1. The lowest BCUT2D eigenvalue weighted by Crippen LogP contribution is -2.11. The predicted octanol–water partition coefficient (Wildman–Crippen LogP) is 2.92. The molecule has 0 radical (unpaired) electrons. The third-order valence-corrected chi connectivity index (χ3v) is 4.13. The van der Waals surface area contributed by atoms with Crippen molar-refractivity contribution >= 4 is 29.0 Å². The Balaban J connectivity index is 2.06. The van der Waals surface area contributed by atoms with Crippen molar-refractivity contribution in [1.29, 1.82) is 0 Å². The van der Waals surface area contributed by atoms with Gasteiger partial charge in [0.25, 0.3) is 5.69 Å². The van der Waals surface area contributed by atoms with Crippen LogP contribution in [0, 0.1) is 10.1 Å². The summed E-state index contributed by atoms with van der Waals surface area (Å²) in [5.74, 6) is -0.259. The molecular formula is C17H12ClNO7. The van der Waals surface area contributed by atoms with E-state index in [1.165, 1.54) is 31.4 Å². The van der Waals surface area contributed by atoms with Gasteiger partial charge in [-0.05, 0) is 23.8 Å². The molecule has 0 N–H and O–H groups in total. The molecule has 8 nitrogen and oxygen atoms in total. The summed E-state index contributed by atoms with van der Waals surface area (Å²) in [4.78, 5) is 34.8. The molecule has 0 unspecified atom stereocenters. The number of carbonyl (C=O) groups excluding carboxylic acids is 2. The highest BCUT2D eigenvalue weighted by molar-refractivity contribution is 6.35. The van der Waals surface area contributed by atoms with Crippen LogP contribution in [0.2, 0.25) is 5.02 Å². The Bertz CT molecular complexity index is 926. The van der Waals surface area contributed by atoms with Gasteiger partial charge in [-0.3, -0.25) is 19.7 Å². The SMILES string of the molecule is COC(=O)Cc1cc2c(cc1C(=O)c1ccc([N+](=O)[O-])cc1Cl)OCO2. The van der Waals surface area contributed by atoms with E-state index in [0.717, 1.165) is 6.07 Å². The summed E-state index contributed by atoms with van der Waals surface area (Å²) >= 11 is 6.05. The number of benzene rings is 2. The van der Waals surface area contributed by atoms with Gasteiger partial charge in [-0.2, -0.15) is 0 Å². The summed E-state index contributed by atoms with van der Waals surface area (Å²) in [7, 11) is 1.24. The van der Waals surface area contributed by atoms with Crippen molar-refractivity contribution in [2.45, 2.75) is 6.42 Å². The minimum Gasteiger partial charge on any atom is -0.469 e. The molecule has 2 aromatic carbocycles. The quantitative estimate of drug-likeness (QED) is 0.341. The van der Waals surface area contributed by atoms with Crippen LogP contribution in [0.1, 0.15) is 21.5 Å². The van der Waals surface area contributed by atoms with Crippen LogP contribution in [-0.4, -0.2) is 30.6 Å². The van der Waals surface area contributed by atoms with E-state index >= 15 is 0 Å². The number of hydrogen-bond donors (Lipinski definition) is 0. The van der Waals surface area contributed by atoms with E-state index in [4.69, 9.17) is 21.1 Å². The Morgan fingerprint density at radius 1 is 1.19 bits per heavy atom. The normalized spacial score (nSPS) is 11.9. The van der Waals surface area contributed by atoms with Crippen molar-refractivity contribution in [2.24, 2.45) is 0 Å². The van der Waals surface area contributed by atoms with Crippen LogP contribution >= 0.6 is 11.6 Å². The fourth-order valence-electron chi connectivity index (χ4n) is 2.52. The zero-order valence-corrected chi connectivity index (χ0v) is 14.2. The van der Waals surface area contributed by atoms with Crippen LogP contribution in [0.5, 0.6) is 11.5 Å². The smallest absolute Gasteiger partial charge is 0.310 e. The highest BCUT2D eigenvalue weighted by Crippen LogP contribution is 2.36. The summed E-state index contributed by atoms with van der Waals surface area (Å²) < 4.78 is 15.2. The average molecular weight is 378 g/mol. The number of nitro benzene ring substituents is 1. The fourth-order valence-corrected chi connectivity index (χ4v) is 2.78. The molecule has 0 aliphatic carbocycles. The lowest BCUT2D eigenvalue weighted by molar-refractivity contribution is -0.384. The molecule has 0 atom stereocenters. The second-order valence-corrected chi connectivity index (χ2v) is 5.77. The molecule has 2 aromatic rings. The Morgan fingerprint density at radius 3 is 2.50 bits per heavy atom. The fraction of sp³-hybridized carbons (Fsp3) is 0.176. The summed E-state index contributed by atoms with van der Waals surface area (Å²) in [5.41, 5.74) is 0.394. The standard InChI is InChI=1S/C17H12ClNO7/c1-24-16(20)5-9-4-14-15(26-8-25-14)7-12(9)17(21)11-3-2-10(19(22)23)6-13(11)18/h2-4,6-7H,5,8H2,1H3. The summed E-state index contributed by atoms with van der Waals surface area (Å²) in [6.45, 7) is 0.00291. The molecule has 1 heterocycles. The Hall–Kier alpha value is -3.13. The minimum atomic E-state index is -0.608. The molecule has 0 saturated carbocycles. The van der Waals surface area contributed by atoms with Gasteiger partial charge in [-0.15, -0.1) is 0 Å². The third kappa shape index (κ3) is 3.31. The second kappa shape index (κ2) is 7.01. The number of carbonyl (C=O) groups is 2. The van der Waals surface area contributed by atoms with Gasteiger partial charge in [-0.25, -0.2) is 0 Å². The van der Waals surface area contributed by atoms with E-state index in [9.17, 15) is 19.7 Å². The number of ether oxygens (including phenoxy) is 3. The topological polar surface area (TPSA) is 105 Å². The number of nitro groups is 1. The van der Waals surface area contributed by atoms with Crippen molar-refractivity contribution < 1.29 is 28.7 Å². The number of non-ortho nitro benzene ring substituents is 1. The predicted molar refractivity (Wildman–Crippen MR) is 89.8 cm³/mol. The number of methoxy groups -OCH3 is 1. The zero-order chi connectivity index (χ0) is 18.8. The average Bonchev–Trinajstić information content (AvgIpc) is 3.07. The number of rotatable bonds is 5. The molecule has 0 saturated heterocycles. The minimum absolute atomic E-state index is 0.00291. The Kier molecular flexibility index (Phi) is 4.77. The van der Waals surface area contributed by atoms with Crippen LogP contribution in [0.4, 0.5) is 5.69 Å². The monoisotopic (exact) mass is 377 g/mol. The second-order valence-electron chi connectivity index (χ2n) is 5.37. The van der Waals surface area contributed by atoms with Crippen molar-refractivity contribution in [2.75, 3.05) is 13.9 Å². The first-order valence-electron chi connectivity index (χ1n) is 7.38. The van der Waals surface area contributed by atoms with Crippen molar-refractivity contribution in [3.8, 4) is 11.5 Å². The van der Waals surface area contributed by atoms with E-state index < -0.39 is 16.7 Å². The molecule has 1 aliphatic rings. The highest BCUT2D eigenvalue weighted by atomic mass is 35.5. The largest absolute Gasteiger partial charge is 0.469 e. The van der Waals surface area contributed by atoms with E-state index in [0.29, 0.717) is 17.1 Å². The summed E-state index contributed by atoms with van der Waals surface area (Å²) in [5, 5.41) is 10.8. The number of nitrogens with zero attached hydrogens (tertiary/aromatic N) is 1. The molecule has 26 heavy (non-hydrogen) atoms. The third-order valence-electron chi connectivity index (χ3n) is 3.81. The van der Waals surface area contributed by atoms with Gasteiger partial charge in [0, 0.05) is 23.3 Å². The van der Waals surface area contributed by atoms with Gasteiger partial charge in [-0.1, -0.05) is 11.6 Å². The van der Waals surface area contributed by atoms with E-state index in [-0.39, 0.29) is 35.1 Å². The molecule has 0 spiro atoms. The number of halogens is 1.